The van der Waals surface area contributed by atoms with Crippen molar-refractivity contribution in [1.82, 2.24) is 0 Å². The molecule has 2 aromatic rings. The van der Waals surface area contributed by atoms with E-state index >= 15 is 0 Å². The maximum Gasteiger partial charge on any atom is 0.123 e. The molecule has 0 nitrogen and oxygen atoms in total. The van der Waals surface area contributed by atoms with Gasteiger partial charge in [-0.05, 0) is 41.7 Å². The van der Waals surface area contributed by atoms with Gasteiger partial charge in [0.15, 0.2) is 0 Å². The monoisotopic (exact) mass is 248 g/mol. The maximum atomic E-state index is 12.9. The lowest BCUT2D eigenvalue weighted by atomic mass is 9.89. The molecule has 0 N–H and O–H groups in total. The van der Waals surface area contributed by atoms with E-state index in [1.807, 2.05) is 12.1 Å². The first kappa shape index (κ1) is 12.3. The maximum absolute atomic E-state index is 12.9. The van der Waals surface area contributed by atoms with Crippen molar-refractivity contribution in [3.05, 3.63) is 47.1 Å². The van der Waals surface area contributed by atoms with Crippen LogP contribution in [0.4, 0.5) is 4.39 Å². The van der Waals surface area contributed by atoms with E-state index in [1.165, 1.54) is 21.9 Å². The second kappa shape index (κ2) is 4.61. The number of benzene rings is 1. The largest absolute Gasteiger partial charge is 0.207 e. The molecule has 1 aromatic heterocycles. The van der Waals surface area contributed by atoms with Crippen LogP contribution >= 0.6 is 11.3 Å². The summed E-state index contributed by atoms with van der Waals surface area (Å²) in [6, 6.07) is 11.0. The quantitative estimate of drug-likeness (QED) is 0.696. The summed E-state index contributed by atoms with van der Waals surface area (Å²) in [6.45, 7) is 6.72. The average molecular weight is 248 g/mol. The molecule has 0 spiro atoms. The first-order valence-electron chi connectivity index (χ1n) is 5.89. The van der Waals surface area contributed by atoms with Gasteiger partial charge in [-0.3, -0.25) is 0 Å². The Labute approximate surface area is 106 Å². The summed E-state index contributed by atoms with van der Waals surface area (Å²) in [6.07, 6.45) is 1.12. The highest BCUT2D eigenvalue weighted by Gasteiger charge is 2.20. The van der Waals surface area contributed by atoms with Gasteiger partial charge in [0.25, 0.3) is 0 Å². The van der Waals surface area contributed by atoms with Gasteiger partial charge in [0.2, 0.25) is 0 Å². The Morgan fingerprint density at radius 1 is 1.06 bits per heavy atom. The molecule has 0 aliphatic rings. The summed E-state index contributed by atoms with van der Waals surface area (Å²) in [7, 11) is 0. The molecule has 0 saturated carbocycles. The first-order chi connectivity index (χ1) is 8.03. The molecule has 2 heteroatoms. The zero-order chi connectivity index (χ0) is 12.5. The van der Waals surface area contributed by atoms with Crippen LogP contribution in [0.2, 0.25) is 0 Å². The Hall–Kier alpha value is -1.15. The van der Waals surface area contributed by atoms with Gasteiger partial charge < -0.3 is 0 Å². The summed E-state index contributed by atoms with van der Waals surface area (Å²) in [5.41, 5.74) is 1.32. The fraction of sp³-hybridized carbons (Fsp3) is 0.333. The van der Waals surface area contributed by atoms with E-state index < -0.39 is 0 Å². The predicted octanol–water partition coefficient (Wildman–Crippen LogP) is 5.24. The summed E-state index contributed by atoms with van der Waals surface area (Å²) >= 11 is 1.80. The molecule has 0 radical (unpaired) electrons. The van der Waals surface area contributed by atoms with Gasteiger partial charge in [0.1, 0.15) is 5.82 Å². The van der Waals surface area contributed by atoms with Crippen LogP contribution in [-0.4, -0.2) is 0 Å². The Kier molecular flexibility index (Phi) is 3.34. The predicted molar refractivity (Wildman–Crippen MR) is 73.0 cm³/mol. The van der Waals surface area contributed by atoms with Crippen LogP contribution < -0.4 is 0 Å². The molecule has 0 saturated heterocycles. The third-order valence-corrected chi connectivity index (χ3v) is 4.79. The minimum Gasteiger partial charge on any atom is -0.207 e. The Balaban J connectivity index is 2.33. The highest BCUT2D eigenvalue weighted by atomic mass is 32.1. The van der Waals surface area contributed by atoms with E-state index in [2.05, 4.69) is 32.9 Å². The van der Waals surface area contributed by atoms with Crippen LogP contribution in [0.3, 0.4) is 0 Å². The smallest absolute Gasteiger partial charge is 0.123 e. The summed E-state index contributed by atoms with van der Waals surface area (Å²) in [4.78, 5) is 2.60. The van der Waals surface area contributed by atoms with Crippen LogP contribution in [0.5, 0.6) is 0 Å². The van der Waals surface area contributed by atoms with Crippen LogP contribution in [-0.2, 0) is 5.41 Å². The van der Waals surface area contributed by atoms with Crippen molar-refractivity contribution >= 4 is 11.3 Å². The first-order valence-corrected chi connectivity index (χ1v) is 6.71. The standard InChI is InChI=1S/C15H17FS/c1-4-15(2,3)14-10-9-13(17-14)11-5-7-12(16)8-6-11/h5-10H,4H2,1-3H3. The Morgan fingerprint density at radius 3 is 2.29 bits per heavy atom. The zero-order valence-electron chi connectivity index (χ0n) is 10.5. The molecule has 2 rings (SSSR count). The highest BCUT2D eigenvalue weighted by Crippen LogP contribution is 2.36. The van der Waals surface area contributed by atoms with Crippen LogP contribution in [0.15, 0.2) is 36.4 Å². The Morgan fingerprint density at radius 2 is 1.71 bits per heavy atom. The number of hydrogen-bond donors (Lipinski definition) is 0. The van der Waals surface area contributed by atoms with Gasteiger partial charge in [-0.1, -0.05) is 32.9 Å². The average Bonchev–Trinajstić information content (AvgIpc) is 2.80. The molecular weight excluding hydrogens is 231 g/mol. The van der Waals surface area contributed by atoms with Gasteiger partial charge in [-0.25, -0.2) is 4.39 Å². The van der Waals surface area contributed by atoms with E-state index in [0.29, 0.717) is 0 Å². The van der Waals surface area contributed by atoms with Crippen molar-refractivity contribution in [2.75, 3.05) is 0 Å². The molecule has 1 heterocycles. The van der Waals surface area contributed by atoms with Gasteiger partial charge in [-0.15, -0.1) is 11.3 Å². The summed E-state index contributed by atoms with van der Waals surface area (Å²) in [5, 5.41) is 0. The lowest BCUT2D eigenvalue weighted by Gasteiger charge is -2.20. The molecule has 0 atom stereocenters. The molecule has 0 unspecified atom stereocenters. The van der Waals surface area contributed by atoms with Gasteiger partial charge in [-0.2, -0.15) is 0 Å². The summed E-state index contributed by atoms with van der Waals surface area (Å²) < 4.78 is 12.9. The molecule has 0 aliphatic carbocycles. The Bertz CT molecular complexity index is 494. The number of halogens is 1. The van der Waals surface area contributed by atoms with Crippen LogP contribution in [0.1, 0.15) is 32.1 Å². The van der Waals surface area contributed by atoms with E-state index in [4.69, 9.17) is 0 Å². The van der Waals surface area contributed by atoms with Crippen molar-refractivity contribution in [1.29, 1.82) is 0 Å². The molecule has 0 fully saturated rings. The normalized spacial score (nSPS) is 11.8. The lowest BCUT2D eigenvalue weighted by Crippen LogP contribution is -2.12. The number of rotatable bonds is 3. The molecule has 1 aromatic carbocycles. The number of thiophene rings is 1. The second-order valence-corrected chi connectivity index (χ2v) is 5.99. The topological polar surface area (TPSA) is 0 Å². The van der Waals surface area contributed by atoms with E-state index in [-0.39, 0.29) is 11.2 Å². The van der Waals surface area contributed by atoms with Gasteiger partial charge in [0.05, 0.1) is 0 Å². The number of hydrogen-bond acceptors (Lipinski definition) is 1. The molecule has 0 amide bonds. The van der Waals surface area contributed by atoms with Crippen molar-refractivity contribution in [3.63, 3.8) is 0 Å². The van der Waals surface area contributed by atoms with Crippen LogP contribution in [0.25, 0.3) is 10.4 Å². The van der Waals surface area contributed by atoms with Crippen LogP contribution in [0, 0.1) is 5.82 Å². The van der Waals surface area contributed by atoms with E-state index in [0.717, 1.165) is 12.0 Å². The minimum absolute atomic E-state index is 0.181. The second-order valence-electron chi connectivity index (χ2n) is 4.91. The minimum atomic E-state index is -0.181. The SMILES string of the molecule is CCC(C)(C)c1ccc(-c2ccc(F)cc2)s1. The third kappa shape index (κ3) is 2.58. The van der Waals surface area contributed by atoms with Crippen molar-refractivity contribution in [2.45, 2.75) is 32.6 Å². The highest BCUT2D eigenvalue weighted by molar-refractivity contribution is 7.15. The van der Waals surface area contributed by atoms with Crippen molar-refractivity contribution in [3.8, 4) is 10.4 Å². The van der Waals surface area contributed by atoms with Crippen molar-refractivity contribution in [2.24, 2.45) is 0 Å². The van der Waals surface area contributed by atoms with Crippen molar-refractivity contribution < 1.29 is 4.39 Å². The molecule has 0 aliphatic heterocycles. The van der Waals surface area contributed by atoms with Gasteiger partial charge in [0, 0.05) is 9.75 Å². The fourth-order valence-electron chi connectivity index (χ4n) is 1.65. The molecule has 0 bridgehead atoms. The third-order valence-electron chi connectivity index (χ3n) is 3.29. The fourth-order valence-corrected chi connectivity index (χ4v) is 2.83. The van der Waals surface area contributed by atoms with E-state index in [1.54, 1.807) is 11.3 Å². The molecular formula is C15H17FS. The lowest BCUT2D eigenvalue weighted by molar-refractivity contribution is 0.517. The molecule has 90 valence electrons. The molecule has 17 heavy (non-hydrogen) atoms. The van der Waals surface area contributed by atoms with E-state index in [9.17, 15) is 4.39 Å². The summed E-state index contributed by atoms with van der Waals surface area (Å²) in [5.74, 6) is -0.181. The van der Waals surface area contributed by atoms with Gasteiger partial charge >= 0.3 is 0 Å². The zero-order valence-corrected chi connectivity index (χ0v) is 11.3.